The van der Waals surface area contributed by atoms with Gasteiger partial charge in [0.25, 0.3) is 0 Å². The van der Waals surface area contributed by atoms with Crippen LogP contribution in [0.15, 0.2) is 48.5 Å². The van der Waals surface area contributed by atoms with Crippen molar-refractivity contribution >= 4 is 32.3 Å². The van der Waals surface area contributed by atoms with Gasteiger partial charge < -0.3 is 0 Å². The minimum atomic E-state index is 1.36. The molecule has 0 amide bonds. The summed E-state index contributed by atoms with van der Waals surface area (Å²) in [6.07, 6.45) is 0. The van der Waals surface area contributed by atoms with Crippen LogP contribution in [0, 0.1) is 27.7 Å². The highest BCUT2D eigenvalue weighted by molar-refractivity contribution is 6.25. The van der Waals surface area contributed by atoms with E-state index in [1.807, 2.05) is 0 Å². The molecule has 0 heterocycles. The van der Waals surface area contributed by atoms with E-state index in [1.54, 1.807) is 0 Å². The van der Waals surface area contributed by atoms with E-state index in [0.717, 1.165) is 0 Å². The predicted molar refractivity (Wildman–Crippen MR) is 97.9 cm³/mol. The summed E-state index contributed by atoms with van der Waals surface area (Å²) in [4.78, 5) is 0. The van der Waals surface area contributed by atoms with Gasteiger partial charge in [0.1, 0.15) is 0 Å². The molecule has 22 heavy (non-hydrogen) atoms. The van der Waals surface area contributed by atoms with Gasteiger partial charge in [-0.05, 0) is 82.3 Å². The van der Waals surface area contributed by atoms with Gasteiger partial charge in [0.2, 0.25) is 0 Å². The SMILES string of the molecule is Cc1cc2c3ccccc3c3cc(C)c(C)cc3c2cc1C. The van der Waals surface area contributed by atoms with E-state index < -0.39 is 0 Å². The predicted octanol–water partition coefficient (Wildman–Crippen LogP) is 6.38. The molecule has 0 radical (unpaired) electrons. The zero-order valence-electron chi connectivity index (χ0n) is 13.6. The number of benzene rings is 4. The molecule has 4 aromatic carbocycles. The third kappa shape index (κ3) is 1.77. The minimum absolute atomic E-state index is 1.36. The molecule has 0 N–H and O–H groups in total. The van der Waals surface area contributed by atoms with E-state index in [4.69, 9.17) is 0 Å². The molecule has 4 aromatic rings. The Balaban J connectivity index is 2.40. The Morgan fingerprint density at radius 3 is 1.00 bits per heavy atom. The molecule has 4 rings (SSSR count). The first-order valence-electron chi connectivity index (χ1n) is 7.89. The lowest BCUT2D eigenvalue weighted by Gasteiger charge is -2.14. The molecule has 0 saturated carbocycles. The molecule has 0 saturated heterocycles. The van der Waals surface area contributed by atoms with E-state index >= 15 is 0 Å². The second-order valence-electron chi connectivity index (χ2n) is 6.51. The lowest BCUT2D eigenvalue weighted by atomic mass is 9.90. The Hall–Kier alpha value is -2.34. The highest BCUT2D eigenvalue weighted by Crippen LogP contribution is 2.37. The van der Waals surface area contributed by atoms with E-state index in [0.29, 0.717) is 0 Å². The van der Waals surface area contributed by atoms with Crippen LogP contribution in [-0.4, -0.2) is 0 Å². The molecule has 0 atom stereocenters. The van der Waals surface area contributed by atoms with E-state index in [2.05, 4.69) is 76.2 Å². The van der Waals surface area contributed by atoms with Crippen LogP contribution in [0.1, 0.15) is 22.3 Å². The van der Waals surface area contributed by atoms with Gasteiger partial charge in [-0.2, -0.15) is 0 Å². The highest BCUT2D eigenvalue weighted by atomic mass is 14.1. The molecular formula is C22H20. The molecule has 0 fully saturated rings. The van der Waals surface area contributed by atoms with Crippen molar-refractivity contribution in [3.63, 3.8) is 0 Å². The molecule has 0 spiro atoms. The summed E-state index contributed by atoms with van der Waals surface area (Å²) in [5.74, 6) is 0. The fourth-order valence-corrected chi connectivity index (χ4v) is 3.48. The molecule has 0 nitrogen and oxygen atoms in total. The van der Waals surface area contributed by atoms with E-state index in [-0.39, 0.29) is 0 Å². The maximum absolute atomic E-state index is 2.36. The van der Waals surface area contributed by atoms with Crippen molar-refractivity contribution in [1.82, 2.24) is 0 Å². The molecule has 108 valence electrons. The molecule has 0 heteroatoms. The average molecular weight is 284 g/mol. The van der Waals surface area contributed by atoms with Crippen molar-refractivity contribution in [1.29, 1.82) is 0 Å². The van der Waals surface area contributed by atoms with Crippen LogP contribution in [0.3, 0.4) is 0 Å². The summed E-state index contributed by atoms with van der Waals surface area (Å²) < 4.78 is 0. The third-order valence-electron chi connectivity index (χ3n) is 5.07. The Bertz CT molecular complexity index is 966. The standard InChI is InChI=1S/C22H20/c1-13-9-19-17-7-5-6-8-18(17)20-10-14(2)16(4)12-22(20)21(19)11-15(13)3/h5-12H,1-4H3. The molecular weight excluding hydrogens is 264 g/mol. The van der Waals surface area contributed by atoms with Crippen LogP contribution in [0.2, 0.25) is 0 Å². The lowest BCUT2D eigenvalue weighted by molar-refractivity contribution is 1.36. The van der Waals surface area contributed by atoms with Gasteiger partial charge >= 0.3 is 0 Å². The van der Waals surface area contributed by atoms with Crippen LogP contribution in [-0.2, 0) is 0 Å². The van der Waals surface area contributed by atoms with Crippen LogP contribution in [0.4, 0.5) is 0 Å². The van der Waals surface area contributed by atoms with Crippen molar-refractivity contribution in [2.75, 3.05) is 0 Å². The van der Waals surface area contributed by atoms with Crippen molar-refractivity contribution < 1.29 is 0 Å². The van der Waals surface area contributed by atoms with Crippen molar-refractivity contribution in [3.05, 3.63) is 70.8 Å². The summed E-state index contributed by atoms with van der Waals surface area (Å²) in [5.41, 5.74) is 5.45. The van der Waals surface area contributed by atoms with Crippen molar-refractivity contribution in [2.24, 2.45) is 0 Å². The Kier molecular flexibility index (Phi) is 2.77. The number of rotatable bonds is 0. The molecule has 0 bridgehead atoms. The topological polar surface area (TPSA) is 0 Å². The van der Waals surface area contributed by atoms with Gasteiger partial charge in [-0.3, -0.25) is 0 Å². The van der Waals surface area contributed by atoms with Crippen LogP contribution >= 0.6 is 0 Å². The van der Waals surface area contributed by atoms with E-state index in [9.17, 15) is 0 Å². The fourth-order valence-electron chi connectivity index (χ4n) is 3.48. The lowest BCUT2D eigenvalue weighted by Crippen LogP contribution is -1.89. The summed E-state index contributed by atoms with van der Waals surface area (Å²) in [7, 11) is 0. The summed E-state index contributed by atoms with van der Waals surface area (Å²) in [6.45, 7) is 8.82. The highest BCUT2D eigenvalue weighted by Gasteiger charge is 2.10. The van der Waals surface area contributed by atoms with E-state index in [1.165, 1.54) is 54.6 Å². The Morgan fingerprint density at radius 2 is 0.682 bits per heavy atom. The van der Waals surface area contributed by atoms with Gasteiger partial charge in [0, 0.05) is 0 Å². The second kappa shape index (κ2) is 4.58. The molecule has 0 unspecified atom stereocenters. The van der Waals surface area contributed by atoms with Crippen LogP contribution in [0.25, 0.3) is 32.3 Å². The molecule has 0 aliphatic rings. The smallest absolute Gasteiger partial charge is 0.00960 e. The summed E-state index contributed by atoms with van der Waals surface area (Å²) in [5, 5.41) is 8.21. The first-order valence-corrected chi connectivity index (χ1v) is 7.89. The first kappa shape index (κ1) is 13.3. The minimum Gasteiger partial charge on any atom is -0.0616 e. The Morgan fingerprint density at radius 1 is 0.409 bits per heavy atom. The molecule has 0 aliphatic carbocycles. The molecule has 0 aromatic heterocycles. The largest absolute Gasteiger partial charge is 0.0616 e. The fraction of sp³-hybridized carbons (Fsp3) is 0.182. The summed E-state index contributed by atoms with van der Waals surface area (Å²) >= 11 is 0. The quantitative estimate of drug-likeness (QED) is 0.329. The molecule has 0 aliphatic heterocycles. The second-order valence-corrected chi connectivity index (χ2v) is 6.51. The zero-order chi connectivity index (χ0) is 15.4. The third-order valence-corrected chi connectivity index (χ3v) is 5.07. The normalized spacial score (nSPS) is 11.6. The maximum Gasteiger partial charge on any atom is -0.00960 e. The van der Waals surface area contributed by atoms with Gasteiger partial charge in [-0.15, -0.1) is 0 Å². The van der Waals surface area contributed by atoms with Crippen LogP contribution in [0.5, 0.6) is 0 Å². The zero-order valence-corrected chi connectivity index (χ0v) is 13.6. The maximum atomic E-state index is 2.36. The Labute approximate surface area is 131 Å². The first-order chi connectivity index (χ1) is 10.6. The average Bonchev–Trinajstić information content (AvgIpc) is 2.51. The number of hydrogen-bond donors (Lipinski definition) is 0. The monoisotopic (exact) mass is 284 g/mol. The number of aryl methyl sites for hydroxylation is 4. The summed E-state index contributed by atoms with van der Waals surface area (Å²) in [6, 6.07) is 18.2. The van der Waals surface area contributed by atoms with Gasteiger partial charge in [0.15, 0.2) is 0 Å². The van der Waals surface area contributed by atoms with Crippen molar-refractivity contribution in [3.8, 4) is 0 Å². The number of hydrogen-bond acceptors (Lipinski definition) is 0. The number of fused-ring (bicyclic) bond motifs is 6. The van der Waals surface area contributed by atoms with Crippen molar-refractivity contribution in [2.45, 2.75) is 27.7 Å². The van der Waals surface area contributed by atoms with Gasteiger partial charge in [-0.1, -0.05) is 48.5 Å². The van der Waals surface area contributed by atoms with Crippen LogP contribution < -0.4 is 0 Å². The van der Waals surface area contributed by atoms with Gasteiger partial charge in [-0.25, -0.2) is 0 Å². The van der Waals surface area contributed by atoms with Gasteiger partial charge in [0.05, 0.1) is 0 Å².